The summed E-state index contributed by atoms with van der Waals surface area (Å²) in [5, 5.41) is 40.1. The van der Waals surface area contributed by atoms with Crippen LogP contribution in [0.2, 0.25) is 0 Å². The molecular formula is C44H86O9. The fourth-order valence-corrected chi connectivity index (χ4v) is 7.20. The number of esters is 1. The number of carbonyl (C=O) groups excluding carboxylic acids is 1. The summed E-state index contributed by atoms with van der Waals surface area (Å²) in [7, 11) is 0. The van der Waals surface area contributed by atoms with E-state index in [1.807, 2.05) is 0 Å². The molecule has 1 saturated heterocycles. The van der Waals surface area contributed by atoms with Gasteiger partial charge in [0.2, 0.25) is 0 Å². The summed E-state index contributed by atoms with van der Waals surface area (Å²) in [5.41, 5.74) is 0. The Balaban J connectivity index is 2.24. The van der Waals surface area contributed by atoms with Crippen LogP contribution in [-0.4, -0.2) is 89.6 Å². The molecule has 6 atom stereocenters. The van der Waals surface area contributed by atoms with Crippen molar-refractivity contribution in [3.63, 3.8) is 0 Å². The first-order valence-electron chi connectivity index (χ1n) is 22.6. The first-order valence-corrected chi connectivity index (χ1v) is 22.6. The van der Waals surface area contributed by atoms with Gasteiger partial charge in [-0.2, -0.15) is 0 Å². The largest absolute Gasteiger partial charge is 0.457 e. The van der Waals surface area contributed by atoms with Gasteiger partial charge in [-0.1, -0.05) is 194 Å². The van der Waals surface area contributed by atoms with Crippen molar-refractivity contribution in [1.29, 1.82) is 0 Å². The van der Waals surface area contributed by atoms with Gasteiger partial charge in [-0.15, -0.1) is 0 Å². The Kier molecular flexibility index (Phi) is 34.9. The van der Waals surface area contributed by atoms with Gasteiger partial charge in [0.1, 0.15) is 30.5 Å². The predicted molar refractivity (Wildman–Crippen MR) is 215 cm³/mol. The van der Waals surface area contributed by atoms with E-state index in [4.69, 9.17) is 18.9 Å². The molecule has 1 fully saturated rings. The fourth-order valence-electron chi connectivity index (χ4n) is 7.20. The SMILES string of the molecule is CCCCCCCCCCCCCCCCCCOCC(COC1OC(CO)C(O)C(O)C1O)OC(=O)CCCCCCCCCCCCCCCC. The number of aliphatic hydroxyl groups excluding tert-OH is 4. The number of unbranched alkanes of at least 4 members (excludes halogenated alkanes) is 28. The number of ether oxygens (including phenoxy) is 4. The van der Waals surface area contributed by atoms with Gasteiger partial charge in [0.05, 0.1) is 19.8 Å². The van der Waals surface area contributed by atoms with Crippen LogP contribution in [0.1, 0.15) is 213 Å². The molecule has 0 aromatic carbocycles. The molecule has 4 N–H and O–H groups in total. The number of aliphatic hydroxyl groups is 4. The summed E-state index contributed by atoms with van der Waals surface area (Å²) in [6.07, 6.45) is 31.2. The van der Waals surface area contributed by atoms with Crippen molar-refractivity contribution < 1.29 is 44.2 Å². The van der Waals surface area contributed by atoms with Gasteiger partial charge in [-0.05, 0) is 12.8 Å². The average Bonchev–Trinajstić information content (AvgIpc) is 3.16. The van der Waals surface area contributed by atoms with Gasteiger partial charge in [0.15, 0.2) is 6.29 Å². The molecule has 1 aliphatic heterocycles. The van der Waals surface area contributed by atoms with Crippen LogP contribution in [0.15, 0.2) is 0 Å². The summed E-state index contributed by atoms with van der Waals surface area (Å²) >= 11 is 0. The third kappa shape index (κ3) is 28.3. The van der Waals surface area contributed by atoms with E-state index >= 15 is 0 Å². The molecule has 1 heterocycles. The van der Waals surface area contributed by atoms with E-state index < -0.39 is 43.4 Å². The minimum Gasteiger partial charge on any atom is -0.457 e. The van der Waals surface area contributed by atoms with E-state index in [0.717, 1.165) is 32.1 Å². The second kappa shape index (κ2) is 36.8. The van der Waals surface area contributed by atoms with Crippen molar-refractivity contribution in [2.75, 3.05) is 26.4 Å². The van der Waals surface area contributed by atoms with Gasteiger partial charge < -0.3 is 39.4 Å². The van der Waals surface area contributed by atoms with Gasteiger partial charge in [-0.25, -0.2) is 0 Å². The van der Waals surface area contributed by atoms with Crippen molar-refractivity contribution >= 4 is 5.97 Å². The van der Waals surface area contributed by atoms with Crippen LogP contribution in [0.3, 0.4) is 0 Å². The van der Waals surface area contributed by atoms with Gasteiger partial charge in [0, 0.05) is 13.0 Å². The van der Waals surface area contributed by atoms with Gasteiger partial charge in [0.25, 0.3) is 0 Å². The summed E-state index contributed by atoms with van der Waals surface area (Å²) in [6, 6.07) is 0. The molecule has 9 heteroatoms. The van der Waals surface area contributed by atoms with E-state index in [2.05, 4.69) is 13.8 Å². The zero-order valence-corrected chi connectivity index (χ0v) is 34.5. The molecular weight excluding hydrogens is 672 g/mol. The molecule has 316 valence electrons. The van der Waals surface area contributed by atoms with Crippen LogP contribution in [0, 0.1) is 0 Å². The molecule has 0 saturated carbocycles. The Morgan fingerprint density at radius 3 is 1.34 bits per heavy atom. The van der Waals surface area contributed by atoms with Crippen molar-refractivity contribution in [2.45, 2.75) is 250 Å². The van der Waals surface area contributed by atoms with Crippen LogP contribution in [0.25, 0.3) is 0 Å². The highest BCUT2D eigenvalue weighted by Crippen LogP contribution is 2.23. The molecule has 0 radical (unpaired) electrons. The number of carbonyl (C=O) groups is 1. The van der Waals surface area contributed by atoms with Crippen LogP contribution in [-0.2, 0) is 23.7 Å². The molecule has 0 aromatic heterocycles. The average molecular weight is 759 g/mol. The zero-order chi connectivity index (χ0) is 38.6. The normalized spacial score (nSPS) is 20.9. The van der Waals surface area contributed by atoms with Crippen LogP contribution >= 0.6 is 0 Å². The third-order valence-corrected chi connectivity index (χ3v) is 10.8. The molecule has 0 aliphatic carbocycles. The van der Waals surface area contributed by atoms with Crippen molar-refractivity contribution in [3.05, 3.63) is 0 Å². The Hall–Kier alpha value is -0.810. The number of hydrogen-bond acceptors (Lipinski definition) is 9. The molecule has 0 bridgehead atoms. The van der Waals surface area contributed by atoms with Crippen LogP contribution < -0.4 is 0 Å². The highest BCUT2D eigenvalue weighted by molar-refractivity contribution is 5.69. The maximum Gasteiger partial charge on any atom is 0.306 e. The highest BCUT2D eigenvalue weighted by Gasteiger charge is 2.44. The summed E-state index contributed by atoms with van der Waals surface area (Å²) in [5.74, 6) is -0.308. The van der Waals surface area contributed by atoms with Crippen LogP contribution in [0.4, 0.5) is 0 Å². The quantitative estimate of drug-likeness (QED) is 0.0357. The molecule has 9 nitrogen and oxygen atoms in total. The Bertz CT molecular complexity index is 782. The summed E-state index contributed by atoms with van der Waals surface area (Å²) in [6.45, 7) is 4.60. The standard InChI is InChI=1S/C44H86O9/c1-3-5-7-9-11-13-15-17-19-20-22-24-26-28-30-32-34-50-36-38(37-51-44-43(49)42(48)41(47)39(35-45)53-44)52-40(46)33-31-29-27-25-23-21-18-16-14-12-10-8-6-4-2/h38-39,41-45,47-49H,3-37H2,1-2H3. The van der Waals surface area contributed by atoms with Gasteiger partial charge >= 0.3 is 5.97 Å². The first-order chi connectivity index (χ1) is 25.9. The number of hydrogen-bond donors (Lipinski definition) is 4. The molecule has 1 aliphatic rings. The minimum absolute atomic E-state index is 0.105. The summed E-state index contributed by atoms with van der Waals surface area (Å²) < 4.78 is 22.8. The maximum absolute atomic E-state index is 12.8. The van der Waals surface area contributed by atoms with E-state index in [0.29, 0.717) is 13.0 Å². The molecule has 0 spiro atoms. The van der Waals surface area contributed by atoms with E-state index in [-0.39, 0.29) is 19.2 Å². The second-order valence-electron chi connectivity index (χ2n) is 15.9. The number of rotatable bonds is 39. The molecule has 6 unspecified atom stereocenters. The minimum atomic E-state index is -1.53. The van der Waals surface area contributed by atoms with Crippen molar-refractivity contribution in [2.24, 2.45) is 0 Å². The van der Waals surface area contributed by atoms with Crippen molar-refractivity contribution in [1.82, 2.24) is 0 Å². The lowest BCUT2D eigenvalue weighted by molar-refractivity contribution is -0.305. The molecule has 0 amide bonds. The Labute approximate surface area is 325 Å². The highest BCUT2D eigenvalue weighted by atomic mass is 16.7. The zero-order valence-electron chi connectivity index (χ0n) is 34.5. The topological polar surface area (TPSA) is 135 Å². The van der Waals surface area contributed by atoms with E-state index in [1.54, 1.807) is 0 Å². The Morgan fingerprint density at radius 1 is 0.528 bits per heavy atom. The van der Waals surface area contributed by atoms with Crippen LogP contribution in [0.5, 0.6) is 0 Å². The lowest BCUT2D eigenvalue weighted by Gasteiger charge is -2.39. The third-order valence-electron chi connectivity index (χ3n) is 10.8. The second-order valence-corrected chi connectivity index (χ2v) is 15.9. The smallest absolute Gasteiger partial charge is 0.306 e. The first kappa shape index (κ1) is 50.2. The van der Waals surface area contributed by atoms with E-state index in [9.17, 15) is 25.2 Å². The molecule has 0 aromatic rings. The molecule has 53 heavy (non-hydrogen) atoms. The monoisotopic (exact) mass is 759 g/mol. The molecule has 1 rings (SSSR count). The van der Waals surface area contributed by atoms with Crippen molar-refractivity contribution in [3.8, 4) is 0 Å². The summed E-state index contributed by atoms with van der Waals surface area (Å²) in [4.78, 5) is 12.8. The van der Waals surface area contributed by atoms with E-state index in [1.165, 1.54) is 161 Å². The predicted octanol–water partition coefficient (Wildman–Crippen LogP) is 9.86. The fraction of sp³-hybridized carbons (Fsp3) is 0.977. The lowest BCUT2D eigenvalue weighted by Crippen LogP contribution is -2.59. The lowest BCUT2D eigenvalue weighted by atomic mass is 9.99. The maximum atomic E-state index is 12.8. The Morgan fingerprint density at radius 2 is 0.925 bits per heavy atom. The van der Waals surface area contributed by atoms with Gasteiger partial charge in [-0.3, -0.25) is 4.79 Å².